The number of carbonyl (C=O) groups excluding carboxylic acids is 2. The van der Waals surface area contributed by atoms with Gasteiger partial charge in [-0.3, -0.25) is 9.59 Å². The summed E-state index contributed by atoms with van der Waals surface area (Å²) in [6.45, 7) is 6.46. The van der Waals surface area contributed by atoms with E-state index in [0.717, 1.165) is 64.2 Å². The molecule has 3 atom stereocenters. The largest absolute Gasteiger partial charge is 0.462 e. The molecule has 57 heavy (non-hydrogen) atoms. The molecule has 0 aliphatic carbocycles. The first kappa shape index (κ1) is 55.3. The highest BCUT2D eigenvalue weighted by atomic mass is 16.5. The molecule has 0 aliphatic heterocycles. The Hall–Kier alpha value is -1.66. The van der Waals surface area contributed by atoms with Crippen molar-refractivity contribution in [2.45, 2.75) is 283 Å². The molecule has 0 bridgehead atoms. The number of rotatable bonds is 45. The number of esters is 1. The highest BCUT2D eigenvalue weighted by molar-refractivity contribution is 5.77. The minimum Gasteiger partial charge on any atom is -0.462 e. The van der Waals surface area contributed by atoms with E-state index in [4.69, 9.17) is 4.74 Å². The second-order valence-corrected chi connectivity index (χ2v) is 17.2. The average Bonchev–Trinajstić information content (AvgIpc) is 3.20. The maximum absolute atomic E-state index is 13.2. The van der Waals surface area contributed by atoms with E-state index in [9.17, 15) is 19.8 Å². The first-order chi connectivity index (χ1) is 28.0. The van der Waals surface area contributed by atoms with Crippen LogP contribution in [0.25, 0.3) is 0 Å². The summed E-state index contributed by atoms with van der Waals surface area (Å²) in [5.74, 6) is -0.513. The predicted molar refractivity (Wildman–Crippen MR) is 246 cm³/mol. The van der Waals surface area contributed by atoms with Crippen LogP contribution in [0.5, 0.6) is 0 Å². The van der Waals surface area contributed by atoms with Gasteiger partial charge in [-0.1, -0.05) is 206 Å². The van der Waals surface area contributed by atoms with Gasteiger partial charge in [0.25, 0.3) is 0 Å². The number of hydrogen-bond acceptors (Lipinski definition) is 5. The zero-order valence-corrected chi connectivity index (χ0v) is 38.2. The van der Waals surface area contributed by atoms with E-state index in [1.165, 1.54) is 154 Å². The summed E-state index contributed by atoms with van der Waals surface area (Å²) < 4.78 is 5.90. The number of hydrogen-bond donors (Lipinski definition) is 3. The number of carbonyl (C=O) groups is 2. The van der Waals surface area contributed by atoms with Crippen LogP contribution in [0.1, 0.15) is 265 Å². The van der Waals surface area contributed by atoms with Crippen molar-refractivity contribution in [1.29, 1.82) is 0 Å². The van der Waals surface area contributed by atoms with Gasteiger partial charge in [-0.15, -0.1) is 0 Å². The highest BCUT2D eigenvalue weighted by Gasteiger charge is 2.24. The van der Waals surface area contributed by atoms with Crippen LogP contribution >= 0.6 is 0 Å². The van der Waals surface area contributed by atoms with Crippen molar-refractivity contribution in [1.82, 2.24) is 5.32 Å². The fraction of sp³-hybridized carbons (Fsp3) is 0.882. The molecule has 0 aromatic carbocycles. The normalized spacial score (nSPS) is 13.4. The lowest BCUT2D eigenvalue weighted by atomic mass is 10.0. The number of unbranched alkanes of at least 4 members (excludes halogenated alkanes) is 29. The second kappa shape index (κ2) is 45.4. The fourth-order valence-corrected chi connectivity index (χ4v) is 7.66. The predicted octanol–water partition coefficient (Wildman–Crippen LogP) is 14.7. The van der Waals surface area contributed by atoms with Crippen LogP contribution in [0.2, 0.25) is 0 Å². The van der Waals surface area contributed by atoms with Crippen LogP contribution in [0.3, 0.4) is 0 Å². The number of aliphatic hydroxyl groups excluding tert-OH is 2. The van der Waals surface area contributed by atoms with Crippen LogP contribution < -0.4 is 5.32 Å². The Morgan fingerprint density at radius 2 is 0.860 bits per heavy atom. The molecule has 0 saturated heterocycles. The first-order valence-corrected chi connectivity index (χ1v) is 25.1. The molecule has 0 rings (SSSR count). The molecule has 336 valence electrons. The maximum atomic E-state index is 13.2. The Labute approximate surface area is 354 Å². The van der Waals surface area contributed by atoms with E-state index in [2.05, 4.69) is 50.4 Å². The minimum atomic E-state index is -0.792. The molecule has 0 aliphatic rings. The van der Waals surface area contributed by atoms with E-state index in [1.807, 2.05) is 0 Å². The minimum absolute atomic E-state index is 0.0544. The summed E-state index contributed by atoms with van der Waals surface area (Å²) in [6, 6.07) is -0.708. The van der Waals surface area contributed by atoms with Crippen LogP contribution in [0.4, 0.5) is 0 Å². The molecule has 0 radical (unpaired) electrons. The molecule has 0 fully saturated rings. The van der Waals surface area contributed by atoms with E-state index < -0.39 is 18.2 Å². The summed E-state index contributed by atoms with van der Waals surface area (Å²) in [5.41, 5.74) is 0. The van der Waals surface area contributed by atoms with Gasteiger partial charge in [-0.2, -0.15) is 0 Å². The molecule has 0 heterocycles. The highest BCUT2D eigenvalue weighted by Crippen LogP contribution is 2.17. The molecule has 3 unspecified atom stereocenters. The molecule has 0 aromatic heterocycles. The summed E-state index contributed by atoms with van der Waals surface area (Å²) in [4.78, 5) is 26.0. The molecular formula is C51H97NO5. The number of amides is 1. The smallest absolute Gasteiger partial charge is 0.306 e. The number of allylic oxidation sites excluding steroid dienone is 4. The second-order valence-electron chi connectivity index (χ2n) is 17.2. The van der Waals surface area contributed by atoms with Crippen molar-refractivity contribution in [2.75, 3.05) is 6.61 Å². The Kier molecular flexibility index (Phi) is 44.1. The zero-order valence-electron chi connectivity index (χ0n) is 38.2. The SMILES string of the molecule is CCCCCCCCC/C=C\CCCCCC(=O)OC(CCC/C=C\CCCCCCCCC)CC(=O)NC(CO)C(O)CCCCCCCCCCCCCC. The lowest BCUT2D eigenvalue weighted by Gasteiger charge is -2.24. The standard InChI is InChI=1S/C51H97NO5/c1-4-7-10-13-16-19-22-25-26-29-32-35-38-41-44-51(56)57-47(42-39-36-33-30-27-23-20-17-14-11-8-5-2)45-50(55)52-48(46-53)49(54)43-40-37-34-31-28-24-21-18-15-12-9-6-3/h26,29-30,33,47-49,53-54H,4-25,27-28,31-32,34-46H2,1-3H3,(H,52,55)/b29-26-,33-30-. The van der Waals surface area contributed by atoms with Crippen LogP contribution in [0, 0.1) is 0 Å². The third-order valence-corrected chi connectivity index (χ3v) is 11.5. The zero-order chi connectivity index (χ0) is 41.7. The third kappa shape index (κ3) is 40.9. The summed E-state index contributed by atoms with van der Waals surface area (Å²) in [7, 11) is 0. The van der Waals surface area contributed by atoms with Gasteiger partial charge in [-0.05, 0) is 70.6 Å². The van der Waals surface area contributed by atoms with Crippen LogP contribution in [0.15, 0.2) is 24.3 Å². The first-order valence-electron chi connectivity index (χ1n) is 25.1. The van der Waals surface area contributed by atoms with Crippen molar-refractivity contribution in [3.63, 3.8) is 0 Å². The van der Waals surface area contributed by atoms with Crippen molar-refractivity contribution >= 4 is 11.9 Å². The quantitative estimate of drug-likeness (QED) is 0.0324. The lowest BCUT2D eigenvalue weighted by molar-refractivity contribution is -0.151. The van der Waals surface area contributed by atoms with Crippen LogP contribution in [-0.2, 0) is 14.3 Å². The molecule has 6 nitrogen and oxygen atoms in total. The molecule has 0 spiro atoms. The van der Waals surface area contributed by atoms with Crippen molar-refractivity contribution in [2.24, 2.45) is 0 Å². The summed E-state index contributed by atoms with van der Waals surface area (Å²) in [5, 5.41) is 23.7. The number of nitrogens with one attached hydrogen (secondary N) is 1. The summed E-state index contributed by atoms with van der Waals surface area (Å²) in [6.07, 6.45) is 51.0. The Bertz CT molecular complexity index is 904. The van der Waals surface area contributed by atoms with Gasteiger partial charge < -0.3 is 20.3 Å². The van der Waals surface area contributed by atoms with E-state index >= 15 is 0 Å². The Morgan fingerprint density at radius 1 is 0.491 bits per heavy atom. The fourth-order valence-electron chi connectivity index (χ4n) is 7.66. The lowest BCUT2D eigenvalue weighted by Crippen LogP contribution is -2.46. The van der Waals surface area contributed by atoms with E-state index in [-0.39, 0.29) is 24.9 Å². The van der Waals surface area contributed by atoms with Gasteiger partial charge in [0.2, 0.25) is 5.91 Å². The van der Waals surface area contributed by atoms with Gasteiger partial charge in [0.1, 0.15) is 6.10 Å². The number of ether oxygens (including phenoxy) is 1. The topological polar surface area (TPSA) is 95.9 Å². The van der Waals surface area contributed by atoms with Crippen molar-refractivity contribution < 1.29 is 24.5 Å². The van der Waals surface area contributed by atoms with Gasteiger partial charge in [-0.25, -0.2) is 0 Å². The van der Waals surface area contributed by atoms with Gasteiger partial charge in [0.15, 0.2) is 0 Å². The molecular weight excluding hydrogens is 707 g/mol. The van der Waals surface area contributed by atoms with Crippen molar-refractivity contribution in [3.8, 4) is 0 Å². The molecule has 1 amide bonds. The average molecular weight is 804 g/mol. The monoisotopic (exact) mass is 804 g/mol. The Balaban J connectivity index is 4.60. The van der Waals surface area contributed by atoms with Crippen molar-refractivity contribution in [3.05, 3.63) is 24.3 Å². The number of aliphatic hydroxyl groups is 2. The van der Waals surface area contributed by atoms with Crippen LogP contribution in [-0.4, -0.2) is 46.9 Å². The molecule has 0 aromatic rings. The van der Waals surface area contributed by atoms with Gasteiger partial charge in [0, 0.05) is 6.42 Å². The van der Waals surface area contributed by atoms with E-state index in [1.54, 1.807) is 0 Å². The maximum Gasteiger partial charge on any atom is 0.306 e. The van der Waals surface area contributed by atoms with Gasteiger partial charge >= 0.3 is 5.97 Å². The third-order valence-electron chi connectivity index (χ3n) is 11.5. The molecule has 3 N–H and O–H groups in total. The van der Waals surface area contributed by atoms with Gasteiger partial charge in [0.05, 0.1) is 25.2 Å². The summed E-state index contributed by atoms with van der Waals surface area (Å²) >= 11 is 0. The van der Waals surface area contributed by atoms with E-state index in [0.29, 0.717) is 19.3 Å². The molecule has 6 heteroatoms. The Morgan fingerprint density at radius 3 is 1.28 bits per heavy atom. The molecule has 0 saturated carbocycles.